The van der Waals surface area contributed by atoms with Gasteiger partial charge in [0, 0.05) is 16.6 Å². The minimum atomic E-state index is -0.160. The van der Waals surface area contributed by atoms with Crippen molar-refractivity contribution in [2.75, 3.05) is 26.7 Å². The summed E-state index contributed by atoms with van der Waals surface area (Å²) in [6.45, 7) is 9.51. The zero-order chi connectivity index (χ0) is 23.8. The summed E-state index contributed by atoms with van der Waals surface area (Å²) in [6.07, 6.45) is 1.95. The van der Waals surface area contributed by atoms with Crippen molar-refractivity contribution >= 4 is 17.5 Å². The maximum atomic E-state index is 13.3. The molecule has 1 aromatic heterocycles. The molecule has 2 aromatic carbocycles. The molecule has 3 aromatic rings. The number of hydrogen-bond acceptors (Lipinski definition) is 4. The number of methoxy groups -OCH3 is 1. The van der Waals surface area contributed by atoms with Crippen LogP contribution < -0.4 is 10.1 Å². The molecule has 6 nitrogen and oxygen atoms in total. The molecule has 1 atom stereocenters. The SMILES string of the molecule is CCN(CC)CCCC(C)NC(=O)c1cc(-c2cccc(OC)c2)nn1-c1cccc(Cl)c1. The molecule has 0 saturated carbocycles. The molecule has 33 heavy (non-hydrogen) atoms. The topological polar surface area (TPSA) is 59.4 Å². The summed E-state index contributed by atoms with van der Waals surface area (Å²) in [6, 6.07) is 16.8. The van der Waals surface area contributed by atoms with Crippen molar-refractivity contribution < 1.29 is 9.53 Å². The van der Waals surface area contributed by atoms with E-state index in [0.29, 0.717) is 16.4 Å². The van der Waals surface area contributed by atoms with E-state index in [2.05, 4.69) is 24.1 Å². The van der Waals surface area contributed by atoms with Crippen LogP contribution in [0, 0.1) is 0 Å². The second kappa shape index (κ2) is 11.9. The number of carbonyl (C=O) groups excluding carboxylic acids is 1. The normalized spacial score (nSPS) is 12.1. The molecule has 1 heterocycles. The van der Waals surface area contributed by atoms with Crippen LogP contribution in [0.25, 0.3) is 16.9 Å². The second-order valence-electron chi connectivity index (χ2n) is 8.08. The molecule has 0 bridgehead atoms. The maximum absolute atomic E-state index is 13.3. The van der Waals surface area contributed by atoms with Gasteiger partial charge in [-0.1, -0.05) is 43.6 Å². The summed E-state index contributed by atoms with van der Waals surface area (Å²) in [5.74, 6) is 0.574. The largest absolute Gasteiger partial charge is 0.497 e. The van der Waals surface area contributed by atoms with Gasteiger partial charge in [-0.05, 0) is 75.8 Å². The number of rotatable bonds is 11. The first-order valence-electron chi connectivity index (χ1n) is 11.5. The fourth-order valence-corrected chi connectivity index (χ4v) is 3.99. The Morgan fingerprint density at radius 2 is 1.91 bits per heavy atom. The predicted octanol–water partition coefficient (Wildman–Crippen LogP) is 5.44. The molecule has 0 spiro atoms. The highest BCUT2D eigenvalue weighted by Gasteiger charge is 2.19. The van der Waals surface area contributed by atoms with Crippen LogP contribution in [0.15, 0.2) is 54.6 Å². The van der Waals surface area contributed by atoms with Crippen molar-refractivity contribution in [3.8, 4) is 22.7 Å². The van der Waals surface area contributed by atoms with E-state index in [1.807, 2.05) is 49.4 Å². The molecule has 0 aliphatic rings. The van der Waals surface area contributed by atoms with E-state index in [-0.39, 0.29) is 11.9 Å². The van der Waals surface area contributed by atoms with Crippen molar-refractivity contribution in [1.29, 1.82) is 0 Å². The smallest absolute Gasteiger partial charge is 0.270 e. The third-order valence-corrected chi connectivity index (χ3v) is 5.98. The van der Waals surface area contributed by atoms with Crippen LogP contribution in [0.4, 0.5) is 0 Å². The Balaban J connectivity index is 1.84. The molecular formula is C26H33ClN4O2. The molecule has 0 aliphatic heterocycles. The van der Waals surface area contributed by atoms with Crippen LogP contribution >= 0.6 is 11.6 Å². The van der Waals surface area contributed by atoms with Gasteiger partial charge in [0.05, 0.1) is 18.5 Å². The van der Waals surface area contributed by atoms with Gasteiger partial charge in [0.25, 0.3) is 5.91 Å². The average molecular weight is 469 g/mol. The summed E-state index contributed by atoms with van der Waals surface area (Å²) in [7, 11) is 1.63. The molecule has 176 valence electrons. The van der Waals surface area contributed by atoms with Gasteiger partial charge in [0.1, 0.15) is 11.4 Å². The summed E-state index contributed by atoms with van der Waals surface area (Å²) in [5.41, 5.74) is 2.76. The first-order valence-corrected chi connectivity index (χ1v) is 11.9. The van der Waals surface area contributed by atoms with E-state index < -0.39 is 0 Å². The molecule has 0 aliphatic carbocycles. The lowest BCUT2D eigenvalue weighted by Crippen LogP contribution is -2.34. The number of benzene rings is 2. The lowest BCUT2D eigenvalue weighted by atomic mass is 10.1. The van der Waals surface area contributed by atoms with Crippen molar-refractivity contribution in [2.24, 2.45) is 0 Å². The molecule has 7 heteroatoms. The Morgan fingerprint density at radius 1 is 1.15 bits per heavy atom. The highest BCUT2D eigenvalue weighted by molar-refractivity contribution is 6.30. The van der Waals surface area contributed by atoms with Crippen LogP contribution in [0.5, 0.6) is 5.75 Å². The van der Waals surface area contributed by atoms with Gasteiger partial charge in [-0.3, -0.25) is 4.79 Å². The van der Waals surface area contributed by atoms with Gasteiger partial charge >= 0.3 is 0 Å². The monoisotopic (exact) mass is 468 g/mol. The highest BCUT2D eigenvalue weighted by Crippen LogP contribution is 2.26. The van der Waals surface area contributed by atoms with E-state index >= 15 is 0 Å². The third-order valence-electron chi connectivity index (χ3n) is 5.74. The van der Waals surface area contributed by atoms with Crippen LogP contribution in [0.2, 0.25) is 5.02 Å². The van der Waals surface area contributed by atoms with Crippen molar-refractivity contribution in [3.63, 3.8) is 0 Å². The average Bonchev–Trinajstić information content (AvgIpc) is 3.28. The fraction of sp³-hybridized carbons (Fsp3) is 0.385. The summed E-state index contributed by atoms with van der Waals surface area (Å²) in [4.78, 5) is 15.7. The van der Waals surface area contributed by atoms with Crippen LogP contribution in [0.1, 0.15) is 44.1 Å². The number of aromatic nitrogens is 2. The van der Waals surface area contributed by atoms with Gasteiger partial charge in [-0.2, -0.15) is 5.10 Å². The van der Waals surface area contributed by atoms with Crippen molar-refractivity contribution in [2.45, 2.75) is 39.7 Å². The van der Waals surface area contributed by atoms with Gasteiger partial charge < -0.3 is 15.0 Å². The van der Waals surface area contributed by atoms with E-state index in [1.165, 1.54) is 0 Å². The van der Waals surface area contributed by atoms with Crippen LogP contribution in [-0.4, -0.2) is 53.4 Å². The van der Waals surface area contributed by atoms with E-state index in [0.717, 1.165) is 49.5 Å². The van der Waals surface area contributed by atoms with Gasteiger partial charge in [-0.25, -0.2) is 4.68 Å². The second-order valence-corrected chi connectivity index (χ2v) is 8.52. The molecule has 1 N–H and O–H groups in total. The van der Waals surface area contributed by atoms with E-state index in [9.17, 15) is 4.79 Å². The Labute approximate surface area is 201 Å². The predicted molar refractivity (Wildman–Crippen MR) is 135 cm³/mol. The number of hydrogen-bond donors (Lipinski definition) is 1. The van der Waals surface area contributed by atoms with Crippen LogP contribution in [0.3, 0.4) is 0 Å². The zero-order valence-electron chi connectivity index (χ0n) is 19.8. The molecule has 0 radical (unpaired) electrons. The first-order chi connectivity index (χ1) is 15.9. The highest BCUT2D eigenvalue weighted by atomic mass is 35.5. The minimum absolute atomic E-state index is 0.0519. The third kappa shape index (κ3) is 6.59. The number of nitrogens with zero attached hydrogens (tertiary/aromatic N) is 3. The zero-order valence-corrected chi connectivity index (χ0v) is 20.6. The Bertz CT molecular complexity index is 1060. The van der Waals surface area contributed by atoms with Gasteiger partial charge in [0.15, 0.2) is 0 Å². The first kappa shape index (κ1) is 24.8. The van der Waals surface area contributed by atoms with E-state index in [4.69, 9.17) is 21.4 Å². The van der Waals surface area contributed by atoms with E-state index in [1.54, 1.807) is 23.9 Å². The lowest BCUT2D eigenvalue weighted by Gasteiger charge is -2.20. The minimum Gasteiger partial charge on any atom is -0.497 e. The standard InChI is InChI=1S/C26H33ClN4O2/c1-5-30(6-2)15-9-10-19(3)28-26(32)25-18-24(20-11-7-14-23(16-20)33-4)29-31(25)22-13-8-12-21(27)17-22/h7-8,11-14,16-19H,5-6,9-10,15H2,1-4H3,(H,28,32). The summed E-state index contributed by atoms with van der Waals surface area (Å²) < 4.78 is 7.00. The quantitative estimate of drug-likeness (QED) is 0.407. The number of carbonyl (C=O) groups is 1. The number of nitrogens with one attached hydrogen (secondary N) is 1. The maximum Gasteiger partial charge on any atom is 0.270 e. The van der Waals surface area contributed by atoms with Gasteiger partial charge in [-0.15, -0.1) is 0 Å². The Morgan fingerprint density at radius 3 is 2.61 bits per heavy atom. The molecule has 1 unspecified atom stereocenters. The fourth-order valence-electron chi connectivity index (χ4n) is 3.80. The number of amides is 1. The van der Waals surface area contributed by atoms with Crippen molar-refractivity contribution in [3.05, 3.63) is 65.3 Å². The number of halogens is 1. The summed E-state index contributed by atoms with van der Waals surface area (Å²) in [5, 5.41) is 8.47. The Kier molecular flexibility index (Phi) is 8.92. The molecule has 0 fully saturated rings. The lowest BCUT2D eigenvalue weighted by molar-refractivity contribution is 0.0929. The molecule has 3 rings (SSSR count). The number of ether oxygens (including phenoxy) is 1. The van der Waals surface area contributed by atoms with Crippen LogP contribution in [-0.2, 0) is 0 Å². The molecular weight excluding hydrogens is 436 g/mol. The Hall–Kier alpha value is -2.83. The molecule has 0 saturated heterocycles. The molecule has 1 amide bonds. The van der Waals surface area contributed by atoms with Crippen molar-refractivity contribution in [1.82, 2.24) is 20.0 Å². The van der Waals surface area contributed by atoms with Gasteiger partial charge in [0.2, 0.25) is 0 Å². The summed E-state index contributed by atoms with van der Waals surface area (Å²) >= 11 is 6.22.